The van der Waals surface area contributed by atoms with Crippen molar-refractivity contribution in [2.45, 2.75) is 156 Å². The molecule has 0 bridgehead atoms. The molecule has 2 heterocycles. The van der Waals surface area contributed by atoms with E-state index in [0.717, 1.165) is 38.5 Å². The largest absolute Gasteiger partial charge is 0.457 e. The van der Waals surface area contributed by atoms with E-state index in [1.165, 1.54) is 13.3 Å². The monoisotopic (exact) mass is 676 g/mol. The number of nitrogens with two attached hydrogens (primary N) is 1. The highest BCUT2D eigenvalue weighted by molar-refractivity contribution is 5.75. The standard InChI is InChI=1S/C38H64N2O8/c1-10-25-33(4,5)26(48-28-19-40(15-16-45-28)18-27(39)42)11-12-38(25)21-37(38)14-13-35(8)29-22(2)17-24(32(34(6,7)44)46-23(3)41)47-30(29)31(43)36(35,9)20-37/h22,24-26,28-32,43-44H,10-21H2,1-9H3,(H2,39,42). The van der Waals surface area contributed by atoms with Crippen LogP contribution in [0.3, 0.4) is 0 Å². The van der Waals surface area contributed by atoms with E-state index in [-0.39, 0.29) is 69.9 Å². The fourth-order valence-corrected chi connectivity index (χ4v) is 12.9. The number of hydrogen-bond acceptors (Lipinski definition) is 9. The van der Waals surface area contributed by atoms with E-state index in [1.807, 2.05) is 4.90 Å². The van der Waals surface area contributed by atoms with Crippen molar-refractivity contribution < 1.29 is 38.7 Å². The molecule has 13 unspecified atom stereocenters. The Bertz CT molecular complexity index is 1250. The number of rotatable bonds is 8. The molecule has 4 saturated carbocycles. The number of amides is 1. The Morgan fingerprint density at radius 1 is 1.10 bits per heavy atom. The number of primary amides is 1. The molecule has 6 fully saturated rings. The molecule has 2 aliphatic heterocycles. The van der Waals surface area contributed by atoms with Gasteiger partial charge in [0.05, 0.1) is 49.7 Å². The van der Waals surface area contributed by atoms with Gasteiger partial charge in [-0.3, -0.25) is 14.5 Å². The fraction of sp³-hybridized carbons (Fsp3) is 0.947. The highest BCUT2D eigenvalue weighted by atomic mass is 16.7. The Labute approximate surface area is 288 Å². The van der Waals surface area contributed by atoms with Crippen molar-refractivity contribution >= 4 is 11.9 Å². The summed E-state index contributed by atoms with van der Waals surface area (Å²) in [5.74, 6) is 0.136. The molecule has 2 saturated heterocycles. The maximum Gasteiger partial charge on any atom is 0.303 e. The summed E-state index contributed by atoms with van der Waals surface area (Å²) in [6.45, 7) is 20.8. The summed E-state index contributed by atoms with van der Waals surface area (Å²) in [5, 5.41) is 23.3. The van der Waals surface area contributed by atoms with Crippen LogP contribution in [0.5, 0.6) is 0 Å². The van der Waals surface area contributed by atoms with Gasteiger partial charge in [0.2, 0.25) is 5.91 Å². The van der Waals surface area contributed by atoms with Crippen LogP contribution in [0.1, 0.15) is 114 Å². The second-order valence-corrected chi connectivity index (χ2v) is 18.6. The lowest BCUT2D eigenvalue weighted by atomic mass is 9.48. The predicted octanol–water partition coefficient (Wildman–Crippen LogP) is 4.42. The first-order valence-corrected chi connectivity index (χ1v) is 18.8. The molecule has 0 aromatic rings. The van der Waals surface area contributed by atoms with Gasteiger partial charge in [0.1, 0.15) is 0 Å². The third-order valence-corrected chi connectivity index (χ3v) is 15.1. The molecule has 274 valence electrons. The summed E-state index contributed by atoms with van der Waals surface area (Å²) in [7, 11) is 0. The number of hydrogen-bond donors (Lipinski definition) is 3. The molecule has 4 N–H and O–H groups in total. The van der Waals surface area contributed by atoms with Gasteiger partial charge in [-0.25, -0.2) is 0 Å². The third kappa shape index (κ3) is 5.58. The summed E-state index contributed by atoms with van der Waals surface area (Å²) in [5.41, 5.74) is 4.11. The van der Waals surface area contributed by atoms with E-state index in [1.54, 1.807) is 13.8 Å². The van der Waals surface area contributed by atoms with Gasteiger partial charge in [0, 0.05) is 18.9 Å². The maximum absolute atomic E-state index is 12.4. The van der Waals surface area contributed by atoms with Crippen molar-refractivity contribution in [3.63, 3.8) is 0 Å². The quantitative estimate of drug-likeness (QED) is 0.319. The number of nitrogens with zero attached hydrogens (tertiary/aromatic N) is 1. The SMILES string of the molecule is CCC1C(C)(C)C(OC2CN(CC(N)=O)CCO2)CCC12CC21CCC2(C)C3C(C)CC(C(OC(C)=O)C(C)(C)O)OC3C(O)C2(C)C1. The Hall–Kier alpha value is -1.30. The van der Waals surface area contributed by atoms with Crippen LogP contribution < -0.4 is 5.73 Å². The topological polar surface area (TPSA) is 141 Å². The minimum atomic E-state index is -1.27. The molecule has 6 rings (SSSR count). The van der Waals surface area contributed by atoms with Gasteiger partial charge in [-0.05, 0) is 98.2 Å². The highest BCUT2D eigenvalue weighted by Gasteiger charge is 2.80. The first kappa shape index (κ1) is 36.5. The van der Waals surface area contributed by atoms with Crippen molar-refractivity contribution in [3.05, 3.63) is 0 Å². The lowest BCUT2D eigenvalue weighted by Crippen LogP contribution is -2.55. The molecule has 2 spiro atoms. The second kappa shape index (κ2) is 12.1. The van der Waals surface area contributed by atoms with Crippen molar-refractivity contribution in [2.24, 2.45) is 50.6 Å². The number of carbonyl (C=O) groups excluding carboxylic acids is 2. The van der Waals surface area contributed by atoms with E-state index in [2.05, 4.69) is 41.5 Å². The molecule has 13 atom stereocenters. The highest BCUT2D eigenvalue weighted by Crippen LogP contribution is 2.85. The zero-order valence-electron chi connectivity index (χ0n) is 31.0. The van der Waals surface area contributed by atoms with Gasteiger partial charge in [-0.15, -0.1) is 0 Å². The van der Waals surface area contributed by atoms with Gasteiger partial charge in [0.25, 0.3) is 0 Å². The molecule has 6 aliphatic rings. The van der Waals surface area contributed by atoms with Crippen LogP contribution in [-0.2, 0) is 28.5 Å². The number of aliphatic hydroxyl groups excluding tert-OH is 1. The first-order valence-electron chi connectivity index (χ1n) is 18.8. The van der Waals surface area contributed by atoms with Crippen LogP contribution in [0.15, 0.2) is 0 Å². The molecule has 10 nitrogen and oxygen atoms in total. The number of esters is 1. The molecule has 48 heavy (non-hydrogen) atoms. The van der Waals surface area contributed by atoms with Gasteiger partial charge in [-0.1, -0.05) is 48.0 Å². The predicted molar refractivity (Wildman–Crippen MR) is 180 cm³/mol. The summed E-state index contributed by atoms with van der Waals surface area (Å²) in [6, 6.07) is 0. The zero-order valence-corrected chi connectivity index (χ0v) is 31.0. The average Bonchev–Trinajstić information content (AvgIpc) is 3.53. The molecule has 0 aromatic heterocycles. The fourth-order valence-electron chi connectivity index (χ4n) is 12.9. The van der Waals surface area contributed by atoms with Crippen LogP contribution in [0, 0.1) is 44.8 Å². The van der Waals surface area contributed by atoms with Crippen LogP contribution in [-0.4, -0.2) is 95.6 Å². The van der Waals surface area contributed by atoms with E-state index < -0.39 is 29.9 Å². The summed E-state index contributed by atoms with van der Waals surface area (Å²) >= 11 is 0. The van der Waals surface area contributed by atoms with Crippen molar-refractivity contribution in [1.29, 1.82) is 0 Å². The average molecular weight is 677 g/mol. The van der Waals surface area contributed by atoms with Crippen LogP contribution in [0.2, 0.25) is 0 Å². The number of ether oxygens (including phenoxy) is 4. The molecular weight excluding hydrogens is 612 g/mol. The minimum absolute atomic E-state index is 0.0563. The van der Waals surface area contributed by atoms with E-state index in [9.17, 15) is 19.8 Å². The Morgan fingerprint density at radius 3 is 2.44 bits per heavy atom. The second-order valence-electron chi connectivity index (χ2n) is 18.6. The molecule has 4 aliphatic carbocycles. The first-order chi connectivity index (χ1) is 22.2. The number of aliphatic hydroxyl groups is 2. The molecular formula is C38H64N2O8. The Morgan fingerprint density at radius 2 is 1.81 bits per heavy atom. The van der Waals surface area contributed by atoms with Gasteiger partial charge in [-0.2, -0.15) is 0 Å². The molecule has 10 heteroatoms. The van der Waals surface area contributed by atoms with E-state index >= 15 is 0 Å². The van der Waals surface area contributed by atoms with Gasteiger partial charge >= 0.3 is 5.97 Å². The smallest absolute Gasteiger partial charge is 0.303 e. The maximum atomic E-state index is 12.4. The summed E-state index contributed by atoms with van der Waals surface area (Å²) < 4.78 is 25.2. The number of morpholine rings is 1. The molecule has 0 radical (unpaired) electrons. The third-order valence-electron chi connectivity index (χ3n) is 15.1. The van der Waals surface area contributed by atoms with E-state index in [4.69, 9.17) is 24.7 Å². The Balaban J connectivity index is 1.21. The van der Waals surface area contributed by atoms with Crippen LogP contribution in [0.25, 0.3) is 0 Å². The van der Waals surface area contributed by atoms with Gasteiger partial charge in [0.15, 0.2) is 12.4 Å². The number of carbonyl (C=O) groups is 2. The lowest BCUT2D eigenvalue weighted by Gasteiger charge is -2.57. The molecule has 1 amide bonds. The van der Waals surface area contributed by atoms with Crippen molar-refractivity contribution in [2.75, 3.05) is 26.2 Å². The van der Waals surface area contributed by atoms with Gasteiger partial charge < -0.3 is 34.9 Å². The zero-order chi connectivity index (χ0) is 35.2. The number of fused-ring (bicyclic) bond motifs is 4. The van der Waals surface area contributed by atoms with Crippen LogP contribution in [0.4, 0.5) is 0 Å². The summed E-state index contributed by atoms with van der Waals surface area (Å²) in [6.07, 6.45) is 5.62. The normalized spacial score (nSPS) is 47.7. The minimum Gasteiger partial charge on any atom is -0.457 e. The Kier molecular flexibility index (Phi) is 9.23. The van der Waals surface area contributed by atoms with Crippen LogP contribution >= 0.6 is 0 Å². The lowest BCUT2D eigenvalue weighted by molar-refractivity contribution is -0.241. The van der Waals surface area contributed by atoms with Crippen molar-refractivity contribution in [1.82, 2.24) is 4.90 Å². The summed E-state index contributed by atoms with van der Waals surface area (Å²) in [4.78, 5) is 25.6. The van der Waals surface area contributed by atoms with E-state index in [0.29, 0.717) is 32.0 Å². The van der Waals surface area contributed by atoms with Crippen molar-refractivity contribution in [3.8, 4) is 0 Å². The molecule has 0 aromatic carbocycles.